The highest BCUT2D eigenvalue weighted by molar-refractivity contribution is 5.45. The second-order valence-corrected chi connectivity index (χ2v) is 4.60. The fraction of sp³-hybridized carbons (Fsp3) is 0.571. The number of hydrogen-bond donors (Lipinski definition) is 2. The van der Waals surface area contributed by atoms with Crippen LogP contribution in [0.15, 0.2) is 24.3 Å². The van der Waals surface area contributed by atoms with Gasteiger partial charge in [0.25, 0.3) is 0 Å². The molecule has 1 aromatic carbocycles. The van der Waals surface area contributed by atoms with E-state index in [2.05, 4.69) is 34.5 Å². The van der Waals surface area contributed by atoms with Crippen molar-refractivity contribution in [3.05, 3.63) is 29.8 Å². The first-order valence-corrected chi connectivity index (χ1v) is 6.26. The molecule has 1 aromatic rings. The topological polar surface area (TPSA) is 44.7 Å². The van der Waals surface area contributed by atoms with Gasteiger partial charge < -0.3 is 20.1 Å². The zero-order chi connectivity index (χ0) is 13.4. The quantitative estimate of drug-likeness (QED) is 0.730. The number of ether oxygens (including phenoxy) is 1. The molecule has 0 bridgehead atoms. The Morgan fingerprint density at radius 1 is 1.28 bits per heavy atom. The molecule has 0 fully saturated rings. The Bertz CT molecular complexity index is 325. The van der Waals surface area contributed by atoms with Crippen molar-refractivity contribution in [1.29, 1.82) is 0 Å². The highest BCUT2D eigenvalue weighted by atomic mass is 16.5. The van der Waals surface area contributed by atoms with Crippen molar-refractivity contribution in [1.82, 2.24) is 5.32 Å². The molecular formula is C14H24N2O2. The molecule has 0 amide bonds. The van der Waals surface area contributed by atoms with Crippen molar-refractivity contribution in [2.45, 2.75) is 19.0 Å². The normalized spacial score (nSPS) is 12.4. The van der Waals surface area contributed by atoms with Crippen LogP contribution in [-0.2, 0) is 11.3 Å². The van der Waals surface area contributed by atoms with E-state index < -0.39 is 0 Å². The van der Waals surface area contributed by atoms with Crippen LogP contribution in [0.3, 0.4) is 0 Å². The Morgan fingerprint density at radius 2 is 1.94 bits per heavy atom. The summed E-state index contributed by atoms with van der Waals surface area (Å²) in [5.74, 6) is 0. The van der Waals surface area contributed by atoms with E-state index in [4.69, 9.17) is 4.74 Å². The molecule has 1 atom stereocenters. The summed E-state index contributed by atoms with van der Waals surface area (Å²) in [5, 5.41) is 12.5. The minimum atomic E-state index is 0.0958. The predicted molar refractivity (Wildman–Crippen MR) is 75.0 cm³/mol. The van der Waals surface area contributed by atoms with Gasteiger partial charge in [-0.1, -0.05) is 12.1 Å². The number of rotatable bonds is 8. The molecule has 0 saturated carbocycles. The number of anilines is 1. The van der Waals surface area contributed by atoms with Gasteiger partial charge in [-0.25, -0.2) is 0 Å². The van der Waals surface area contributed by atoms with Crippen LogP contribution in [0.1, 0.15) is 12.0 Å². The summed E-state index contributed by atoms with van der Waals surface area (Å²) in [7, 11) is 5.73. The summed E-state index contributed by atoms with van der Waals surface area (Å²) in [5.41, 5.74) is 2.41. The summed E-state index contributed by atoms with van der Waals surface area (Å²) < 4.78 is 5.01. The number of aliphatic hydroxyl groups excluding tert-OH is 1. The third-order valence-corrected chi connectivity index (χ3v) is 2.94. The summed E-state index contributed by atoms with van der Waals surface area (Å²) >= 11 is 0. The highest BCUT2D eigenvalue weighted by Gasteiger charge is 2.06. The van der Waals surface area contributed by atoms with E-state index in [1.54, 1.807) is 7.11 Å². The molecule has 0 aliphatic rings. The van der Waals surface area contributed by atoms with E-state index in [1.807, 2.05) is 14.1 Å². The molecule has 4 heteroatoms. The molecular weight excluding hydrogens is 228 g/mol. The zero-order valence-corrected chi connectivity index (χ0v) is 11.5. The fourth-order valence-corrected chi connectivity index (χ4v) is 1.69. The number of aliphatic hydroxyl groups is 1. The van der Waals surface area contributed by atoms with E-state index in [0.717, 1.165) is 13.0 Å². The lowest BCUT2D eigenvalue weighted by molar-refractivity contribution is 0.159. The van der Waals surface area contributed by atoms with Gasteiger partial charge in [-0.15, -0.1) is 0 Å². The Morgan fingerprint density at radius 3 is 2.44 bits per heavy atom. The number of nitrogens with zero attached hydrogens (tertiary/aromatic N) is 1. The van der Waals surface area contributed by atoms with E-state index in [9.17, 15) is 5.11 Å². The SMILES string of the molecule is COCCC(CO)NCc1ccc(N(C)C)cc1. The maximum absolute atomic E-state index is 9.22. The van der Waals surface area contributed by atoms with Crippen LogP contribution >= 0.6 is 0 Å². The molecule has 0 spiro atoms. The number of hydrogen-bond acceptors (Lipinski definition) is 4. The summed E-state index contributed by atoms with van der Waals surface area (Å²) in [6.07, 6.45) is 0.822. The van der Waals surface area contributed by atoms with Crippen molar-refractivity contribution in [2.24, 2.45) is 0 Å². The molecule has 0 aliphatic heterocycles. The van der Waals surface area contributed by atoms with Crippen LogP contribution in [0.25, 0.3) is 0 Å². The van der Waals surface area contributed by atoms with E-state index in [0.29, 0.717) is 6.61 Å². The number of methoxy groups -OCH3 is 1. The molecule has 0 aliphatic carbocycles. The van der Waals surface area contributed by atoms with Crippen molar-refractivity contribution in [3.8, 4) is 0 Å². The van der Waals surface area contributed by atoms with Crippen LogP contribution in [0.5, 0.6) is 0 Å². The Labute approximate surface area is 110 Å². The lowest BCUT2D eigenvalue weighted by Gasteiger charge is -2.17. The fourth-order valence-electron chi connectivity index (χ4n) is 1.69. The van der Waals surface area contributed by atoms with Crippen LogP contribution in [0, 0.1) is 0 Å². The van der Waals surface area contributed by atoms with Gasteiger partial charge in [0.15, 0.2) is 0 Å². The van der Waals surface area contributed by atoms with Crippen LogP contribution in [0.4, 0.5) is 5.69 Å². The lowest BCUT2D eigenvalue weighted by Crippen LogP contribution is -2.33. The molecule has 1 rings (SSSR count). The van der Waals surface area contributed by atoms with Gasteiger partial charge in [0.05, 0.1) is 6.61 Å². The number of benzene rings is 1. The third kappa shape index (κ3) is 5.04. The van der Waals surface area contributed by atoms with Crippen molar-refractivity contribution in [2.75, 3.05) is 39.3 Å². The van der Waals surface area contributed by atoms with E-state index in [-0.39, 0.29) is 12.6 Å². The maximum atomic E-state index is 9.22. The first-order valence-electron chi connectivity index (χ1n) is 6.26. The first-order chi connectivity index (χ1) is 8.67. The van der Waals surface area contributed by atoms with Gasteiger partial charge in [0, 0.05) is 46.1 Å². The van der Waals surface area contributed by atoms with Gasteiger partial charge in [-0.2, -0.15) is 0 Å². The van der Waals surface area contributed by atoms with E-state index >= 15 is 0 Å². The molecule has 0 heterocycles. The minimum Gasteiger partial charge on any atom is -0.395 e. The molecule has 0 aromatic heterocycles. The second-order valence-electron chi connectivity index (χ2n) is 4.60. The average molecular weight is 252 g/mol. The molecule has 2 N–H and O–H groups in total. The third-order valence-electron chi connectivity index (χ3n) is 2.94. The monoisotopic (exact) mass is 252 g/mol. The summed E-state index contributed by atoms with van der Waals surface area (Å²) in [6.45, 7) is 1.57. The highest BCUT2D eigenvalue weighted by Crippen LogP contribution is 2.12. The van der Waals surface area contributed by atoms with Gasteiger partial charge >= 0.3 is 0 Å². The molecule has 4 nitrogen and oxygen atoms in total. The second kappa shape index (κ2) is 8.08. The zero-order valence-electron chi connectivity index (χ0n) is 11.5. The predicted octanol–water partition coefficient (Wildman–Crippen LogP) is 1.24. The number of nitrogens with one attached hydrogen (secondary N) is 1. The Kier molecular flexibility index (Phi) is 6.72. The van der Waals surface area contributed by atoms with E-state index in [1.165, 1.54) is 11.3 Å². The Hall–Kier alpha value is -1.10. The van der Waals surface area contributed by atoms with Gasteiger partial charge in [-0.3, -0.25) is 0 Å². The maximum Gasteiger partial charge on any atom is 0.0585 e. The standard InChI is InChI=1S/C14H24N2O2/c1-16(2)14-6-4-12(5-7-14)10-15-13(11-17)8-9-18-3/h4-7,13,15,17H,8-11H2,1-3H3. The van der Waals surface area contributed by atoms with Crippen LogP contribution in [-0.4, -0.2) is 45.6 Å². The van der Waals surface area contributed by atoms with Crippen LogP contribution in [0.2, 0.25) is 0 Å². The largest absolute Gasteiger partial charge is 0.395 e. The minimum absolute atomic E-state index is 0.0958. The van der Waals surface area contributed by atoms with Crippen LogP contribution < -0.4 is 10.2 Å². The van der Waals surface area contributed by atoms with Crippen molar-refractivity contribution < 1.29 is 9.84 Å². The van der Waals surface area contributed by atoms with Crippen molar-refractivity contribution >= 4 is 5.69 Å². The first kappa shape index (κ1) is 15.0. The molecule has 0 saturated heterocycles. The molecule has 18 heavy (non-hydrogen) atoms. The Balaban J connectivity index is 2.42. The van der Waals surface area contributed by atoms with Crippen molar-refractivity contribution in [3.63, 3.8) is 0 Å². The smallest absolute Gasteiger partial charge is 0.0585 e. The van der Waals surface area contributed by atoms with Gasteiger partial charge in [-0.05, 0) is 24.1 Å². The molecule has 102 valence electrons. The molecule has 1 unspecified atom stereocenters. The molecule has 0 radical (unpaired) electrons. The lowest BCUT2D eigenvalue weighted by atomic mass is 10.1. The van der Waals surface area contributed by atoms with Gasteiger partial charge in [0.2, 0.25) is 0 Å². The van der Waals surface area contributed by atoms with Gasteiger partial charge in [0.1, 0.15) is 0 Å². The summed E-state index contributed by atoms with van der Waals surface area (Å²) in [4.78, 5) is 2.08. The average Bonchev–Trinajstić information content (AvgIpc) is 2.39. The summed E-state index contributed by atoms with van der Waals surface area (Å²) in [6, 6.07) is 8.50.